The van der Waals surface area contributed by atoms with E-state index in [1.165, 1.54) is 5.57 Å². The maximum absolute atomic E-state index is 5.53. The molecule has 0 fully saturated rings. The highest BCUT2D eigenvalue weighted by Crippen LogP contribution is 2.20. The molecular weight excluding hydrogens is 311 g/mol. The summed E-state index contributed by atoms with van der Waals surface area (Å²) in [7, 11) is 0. The Labute approximate surface area is 109 Å². The van der Waals surface area contributed by atoms with Crippen molar-refractivity contribution in [1.29, 1.82) is 0 Å². The van der Waals surface area contributed by atoms with Crippen LogP contribution in [0.15, 0.2) is 69.7 Å². The van der Waals surface area contributed by atoms with Gasteiger partial charge in [-0.05, 0) is 46.4 Å². The first kappa shape index (κ1) is 11.2. The van der Waals surface area contributed by atoms with Crippen LogP contribution in [0.3, 0.4) is 0 Å². The molecule has 0 N–H and O–H groups in total. The molecule has 1 aliphatic rings. The molecule has 0 radical (unpaired) electrons. The molecule has 80 valence electrons. The van der Waals surface area contributed by atoms with E-state index < -0.39 is 0 Å². The molecule has 0 heterocycles. The summed E-state index contributed by atoms with van der Waals surface area (Å²) < 4.78 is 6.69. The second-order valence-electron chi connectivity index (χ2n) is 3.37. The van der Waals surface area contributed by atoms with Gasteiger partial charge >= 0.3 is 0 Å². The lowest BCUT2D eigenvalue weighted by Gasteiger charge is -2.01. The Hall–Kier alpha value is -1.25. The molecule has 0 bridgehead atoms. The lowest BCUT2D eigenvalue weighted by Crippen LogP contribution is -1.84. The normalized spacial score (nSPS) is 14.1. The van der Waals surface area contributed by atoms with Crippen LogP contribution in [0.4, 0.5) is 0 Å². The lowest BCUT2D eigenvalue weighted by atomic mass is 10.2. The molecule has 0 amide bonds. The average molecular weight is 322 g/mol. The molecule has 1 aromatic carbocycles. The fourth-order valence-corrected chi connectivity index (χ4v) is 1.87. The molecular formula is C14H11IO. The van der Waals surface area contributed by atoms with E-state index in [0.717, 1.165) is 15.8 Å². The van der Waals surface area contributed by atoms with Gasteiger partial charge in [0.15, 0.2) is 0 Å². The summed E-state index contributed by atoms with van der Waals surface area (Å²) >= 11 is 2.29. The van der Waals surface area contributed by atoms with Gasteiger partial charge < -0.3 is 4.74 Å². The Bertz CT molecular complexity index is 477. The van der Waals surface area contributed by atoms with Gasteiger partial charge in [-0.25, -0.2) is 0 Å². The van der Waals surface area contributed by atoms with Gasteiger partial charge in [0.25, 0.3) is 0 Å². The van der Waals surface area contributed by atoms with E-state index >= 15 is 0 Å². The van der Waals surface area contributed by atoms with E-state index in [9.17, 15) is 0 Å². The second kappa shape index (κ2) is 5.73. The van der Waals surface area contributed by atoms with Crippen LogP contribution in [-0.2, 0) is 0 Å². The number of hydrogen-bond acceptors (Lipinski definition) is 1. The SMILES string of the molecule is I/C(=C\Oc1ccccc1)CC1=C=CC=C1. The Morgan fingerprint density at radius 3 is 2.81 bits per heavy atom. The van der Waals surface area contributed by atoms with Gasteiger partial charge in [0, 0.05) is 10.0 Å². The van der Waals surface area contributed by atoms with Crippen LogP contribution in [0.5, 0.6) is 5.75 Å². The fourth-order valence-electron chi connectivity index (χ4n) is 1.33. The maximum atomic E-state index is 5.53. The first-order chi connectivity index (χ1) is 7.84. The third-order valence-electron chi connectivity index (χ3n) is 2.09. The maximum Gasteiger partial charge on any atom is 0.126 e. The minimum absolute atomic E-state index is 0.864. The van der Waals surface area contributed by atoms with Crippen molar-refractivity contribution in [3.63, 3.8) is 0 Å². The van der Waals surface area contributed by atoms with Crippen LogP contribution in [0.2, 0.25) is 0 Å². The average Bonchev–Trinajstić information content (AvgIpc) is 2.81. The molecule has 0 saturated heterocycles. The summed E-state index contributed by atoms with van der Waals surface area (Å²) in [5.74, 6) is 0.864. The molecule has 0 unspecified atom stereocenters. The predicted molar refractivity (Wildman–Crippen MR) is 74.5 cm³/mol. The van der Waals surface area contributed by atoms with Gasteiger partial charge in [0.2, 0.25) is 0 Å². The van der Waals surface area contributed by atoms with Crippen LogP contribution < -0.4 is 4.74 Å². The molecule has 0 saturated carbocycles. The fraction of sp³-hybridized carbons (Fsp3) is 0.0714. The number of benzene rings is 1. The summed E-state index contributed by atoms with van der Waals surface area (Å²) in [4.78, 5) is 0. The van der Waals surface area contributed by atoms with E-state index in [-0.39, 0.29) is 0 Å². The first-order valence-corrected chi connectivity index (χ1v) is 6.11. The molecule has 1 nitrogen and oxygen atoms in total. The smallest absolute Gasteiger partial charge is 0.126 e. The van der Waals surface area contributed by atoms with Crippen LogP contribution in [0.1, 0.15) is 6.42 Å². The van der Waals surface area contributed by atoms with Crippen LogP contribution in [0, 0.1) is 0 Å². The van der Waals surface area contributed by atoms with Crippen LogP contribution >= 0.6 is 22.6 Å². The summed E-state index contributed by atoms with van der Waals surface area (Å²) in [5, 5.41) is 0. The zero-order valence-electron chi connectivity index (χ0n) is 8.69. The Morgan fingerprint density at radius 1 is 1.31 bits per heavy atom. The summed E-state index contributed by atoms with van der Waals surface area (Å²) in [6.07, 6.45) is 8.65. The monoisotopic (exact) mass is 322 g/mol. The van der Waals surface area contributed by atoms with Gasteiger partial charge in [-0.1, -0.05) is 30.4 Å². The van der Waals surface area contributed by atoms with Crippen molar-refractivity contribution in [3.8, 4) is 5.75 Å². The molecule has 16 heavy (non-hydrogen) atoms. The van der Waals surface area contributed by atoms with Crippen LogP contribution in [0.25, 0.3) is 0 Å². The van der Waals surface area contributed by atoms with Crippen molar-refractivity contribution in [2.75, 3.05) is 0 Å². The zero-order valence-corrected chi connectivity index (χ0v) is 10.8. The highest BCUT2D eigenvalue weighted by molar-refractivity contribution is 14.1. The zero-order chi connectivity index (χ0) is 11.2. The third-order valence-corrected chi connectivity index (χ3v) is 2.72. The van der Waals surface area contributed by atoms with Gasteiger partial charge in [0.1, 0.15) is 12.0 Å². The van der Waals surface area contributed by atoms with Crippen LogP contribution in [-0.4, -0.2) is 0 Å². The van der Waals surface area contributed by atoms with Crippen molar-refractivity contribution in [1.82, 2.24) is 0 Å². The number of rotatable bonds is 4. The van der Waals surface area contributed by atoms with Gasteiger partial charge in [-0.15, -0.1) is 5.73 Å². The number of allylic oxidation sites excluding steroid dienone is 4. The Kier molecular flexibility index (Phi) is 4.03. The topological polar surface area (TPSA) is 9.23 Å². The minimum atomic E-state index is 0.864. The van der Waals surface area contributed by atoms with Crippen molar-refractivity contribution in [2.45, 2.75) is 6.42 Å². The van der Waals surface area contributed by atoms with Crippen molar-refractivity contribution < 1.29 is 4.74 Å². The third kappa shape index (κ3) is 3.40. The summed E-state index contributed by atoms with van der Waals surface area (Å²) in [6, 6.07) is 9.77. The summed E-state index contributed by atoms with van der Waals surface area (Å²) in [6.45, 7) is 0. The molecule has 2 heteroatoms. The van der Waals surface area contributed by atoms with Gasteiger partial charge in [-0.2, -0.15) is 0 Å². The largest absolute Gasteiger partial charge is 0.464 e. The first-order valence-electron chi connectivity index (χ1n) is 5.03. The second-order valence-corrected chi connectivity index (χ2v) is 4.75. The predicted octanol–water partition coefficient (Wildman–Crippen LogP) is 4.38. The molecule has 0 atom stereocenters. The highest BCUT2D eigenvalue weighted by Gasteiger charge is 1.98. The molecule has 0 aliphatic heterocycles. The van der Waals surface area contributed by atoms with E-state index in [4.69, 9.17) is 4.74 Å². The van der Waals surface area contributed by atoms with E-state index in [0.29, 0.717) is 0 Å². The molecule has 0 spiro atoms. The lowest BCUT2D eigenvalue weighted by molar-refractivity contribution is 0.479. The number of hydrogen-bond donors (Lipinski definition) is 0. The van der Waals surface area contributed by atoms with Crippen molar-refractivity contribution in [2.24, 2.45) is 0 Å². The molecule has 0 aromatic heterocycles. The van der Waals surface area contributed by atoms with Gasteiger partial charge in [-0.3, -0.25) is 0 Å². The van der Waals surface area contributed by atoms with Crippen molar-refractivity contribution >= 4 is 22.6 Å². The highest BCUT2D eigenvalue weighted by atomic mass is 127. The number of ether oxygens (including phenoxy) is 1. The van der Waals surface area contributed by atoms with E-state index in [2.05, 4.69) is 34.4 Å². The van der Waals surface area contributed by atoms with E-state index in [1.807, 2.05) is 42.5 Å². The molecule has 1 aliphatic carbocycles. The quantitative estimate of drug-likeness (QED) is 0.454. The van der Waals surface area contributed by atoms with E-state index in [1.54, 1.807) is 6.26 Å². The van der Waals surface area contributed by atoms with Crippen molar-refractivity contribution in [3.05, 3.63) is 69.7 Å². The Balaban J connectivity index is 1.92. The number of halogens is 1. The Morgan fingerprint density at radius 2 is 2.12 bits per heavy atom. The minimum Gasteiger partial charge on any atom is -0.464 e. The van der Waals surface area contributed by atoms with Gasteiger partial charge in [0.05, 0.1) is 0 Å². The molecule has 1 aromatic rings. The summed E-state index contributed by atoms with van der Waals surface area (Å²) in [5.41, 5.74) is 4.36. The number of para-hydroxylation sites is 1. The molecule has 2 rings (SSSR count). The standard InChI is InChI=1S/C14H11IO/c15-13(10-12-6-4-5-7-12)11-16-14-8-2-1-3-9-14/h1-6,8-9,11H,10H2/b13-11-.